The summed E-state index contributed by atoms with van der Waals surface area (Å²) < 4.78 is 22.9. The molecule has 94 valence electrons. The fourth-order valence-corrected chi connectivity index (χ4v) is 3.00. The highest BCUT2D eigenvalue weighted by Gasteiger charge is 2.59. The molecular formula is C9H18N2O4S. The van der Waals surface area contributed by atoms with Crippen molar-refractivity contribution in [3.63, 3.8) is 0 Å². The molecule has 0 saturated carbocycles. The van der Waals surface area contributed by atoms with E-state index in [1.165, 1.54) is 13.8 Å². The Bertz CT molecular complexity index is 375. The van der Waals surface area contributed by atoms with E-state index in [0.717, 1.165) is 4.31 Å². The Morgan fingerprint density at radius 2 is 2.06 bits per heavy atom. The van der Waals surface area contributed by atoms with Gasteiger partial charge in [0.05, 0.1) is 6.10 Å². The van der Waals surface area contributed by atoms with E-state index in [4.69, 9.17) is 5.11 Å². The maximum absolute atomic E-state index is 11.6. The average molecular weight is 250 g/mol. The van der Waals surface area contributed by atoms with Crippen LogP contribution in [0.15, 0.2) is 0 Å². The summed E-state index contributed by atoms with van der Waals surface area (Å²) in [5, 5.41) is 11.8. The molecule has 1 rings (SSSR count). The molecule has 7 heteroatoms. The Labute approximate surface area is 95.7 Å². The van der Waals surface area contributed by atoms with Crippen molar-refractivity contribution < 1.29 is 18.3 Å². The van der Waals surface area contributed by atoms with Gasteiger partial charge in [-0.15, -0.1) is 0 Å². The molecule has 0 aromatic rings. The first-order chi connectivity index (χ1) is 7.21. The zero-order valence-corrected chi connectivity index (χ0v) is 10.5. The molecule has 16 heavy (non-hydrogen) atoms. The average Bonchev–Trinajstić information content (AvgIpc) is 2.15. The van der Waals surface area contributed by atoms with Crippen molar-refractivity contribution in [2.75, 3.05) is 19.6 Å². The topological polar surface area (TPSA) is 86.7 Å². The number of hydrogen-bond donors (Lipinski definition) is 2. The maximum Gasteiger partial charge on any atom is 0.258 e. The molecule has 1 atom stereocenters. The summed E-state index contributed by atoms with van der Waals surface area (Å²) in [5.74, 6) is -0.369. The van der Waals surface area contributed by atoms with Gasteiger partial charge >= 0.3 is 0 Å². The van der Waals surface area contributed by atoms with Crippen LogP contribution in [0.1, 0.15) is 20.8 Å². The van der Waals surface area contributed by atoms with Crippen molar-refractivity contribution in [3.05, 3.63) is 0 Å². The van der Waals surface area contributed by atoms with Crippen molar-refractivity contribution >= 4 is 15.9 Å². The Morgan fingerprint density at radius 1 is 1.50 bits per heavy atom. The summed E-state index contributed by atoms with van der Waals surface area (Å²) in [7, 11) is -3.47. The van der Waals surface area contributed by atoms with Gasteiger partial charge in [-0.05, 0) is 20.8 Å². The number of nitrogens with one attached hydrogen (secondary N) is 1. The molecule has 1 heterocycles. The van der Waals surface area contributed by atoms with E-state index in [1.54, 1.807) is 6.92 Å². The van der Waals surface area contributed by atoms with Gasteiger partial charge in [0.15, 0.2) is 4.75 Å². The molecule has 0 aromatic carbocycles. The molecule has 1 fully saturated rings. The van der Waals surface area contributed by atoms with Gasteiger partial charge in [0, 0.05) is 19.6 Å². The zero-order chi connectivity index (χ0) is 12.6. The van der Waals surface area contributed by atoms with Crippen LogP contribution in [-0.2, 0) is 14.8 Å². The summed E-state index contributed by atoms with van der Waals surface area (Å²) in [6.07, 6.45) is -0.486. The fourth-order valence-electron chi connectivity index (χ4n) is 1.47. The minimum Gasteiger partial charge on any atom is -0.392 e. The summed E-state index contributed by atoms with van der Waals surface area (Å²) in [4.78, 5) is 11.5. The fraction of sp³-hybridized carbons (Fsp3) is 0.889. The van der Waals surface area contributed by atoms with Crippen LogP contribution in [0.4, 0.5) is 0 Å². The Kier molecular flexibility index (Phi) is 3.61. The van der Waals surface area contributed by atoms with Gasteiger partial charge in [-0.2, -0.15) is 0 Å². The van der Waals surface area contributed by atoms with Gasteiger partial charge in [-0.25, -0.2) is 12.7 Å². The van der Waals surface area contributed by atoms with Gasteiger partial charge in [-0.3, -0.25) is 4.79 Å². The Balaban J connectivity index is 2.44. The summed E-state index contributed by atoms with van der Waals surface area (Å²) in [5.41, 5.74) is 0. The van der Waals surface area contributed by atoms with Crippen molar-refractivity contribution in [1.29, 1.82) is 0 Å². The van der Waals surface area contributed by atoms with E-state index in [1.807, 2.05) is 0 Å². The molecule has 0 radical (unpaired) electrons. The molecule has 0 spiro atoms. The molecule has 1 aliphatic rings. The molecule has 6 nitrogen and oxygen atoms in total. The van der Waals surface area contributed by atoms with E-state index in [2.05, 4.69) is 5.32 Å². The molecule has 2 N–H and O–H groups in total. The number of hydrogen-bond acceptors (Lipinski definition) is 5. The first kappa shape index (κ1) is 13.4. The van der Waals surface area contributed by atoms with Crippen LogP contribution in [0, 0.1) is 0 Å². The third kappa shape index (κ3) is 2.07. The molecule has 0 bridgehead atoms. The van der Waals surface area contributed by atoms with Crippen LogP contribution in [0.3, 0.4) is 0 Å². The molecule has 0 aliphatic carbocycles. The van der Waals surface area contributed by atoms with Crippen LogP contribution in [0.5, 0.6) is 0 Å². The number of rotatable bonds is 5. The third-order valence-corrected chi connectivity index (χ3v) is 5.00. The van der Waals surface area contributed by atoms with Gasteiger partial charge in [0.2, 0.25) is 0 Å². The van der Waals surface area contributed by atoms with Crippen molar-refractivity contribution in [3.8, 4) is 0 Å². The van der Waals surface area contributed by atoms with Crippen LogP contribution >= 0.6 is 0 Å². The molecule has 1 saturated heterocycles. The second-order valence-corrected chi connectivity index (χ2v) is 6.86. The largest absolute Gasteiger partial charge is 0.392 e. The lowest BCUT2D eigenvalue weighted by molar-refractivity contribution is -0.132. The van der Waals surface area contributed by atoms with E-state index >= 15 is 0 Å². The van der Waals surface area contributed by atoms with Gasteiger partial charge in [0.25, 0.3) is 15.9 Å². The third-order valence-electron chi connectivity index (χ3n) is 2.61. The number of sulfonamides is 1. The highest BCUT2D eigenvalue weighted by Crippen LogP contribution is 2.34. The Morgan fingerprint density at radius 3 is 2.50 bits per heavy atom. The smallest absolute Gasteiger partial charge is 0.258 e. The summed E-state index contributed by atoms with van der Waals surface area (Å²) in [6, 6.07) is 0. The molecule has 1 aliphatic heterocycles. The van der Waals surface area contributed by atoms with E-state index in [9.17, 15) is 13.2 Å². The number of aliphatic hydroxyl groups is 1. The van der Waals surface area contributed by atoms with Gasteiger partial charge in [-0.1, -0.05) is 0 Å². The number of nitrogens with zero attached hydrogens (tertiary/aromatic N) is 1. The second-order valence-electron chi connectivity index (χ2n) is 4.45. The van der Waals surface area contributed by atoms with E-state index in [-0.39, 0.29) is 12.5 Å². The minimum absolute atomic E-state index is 0.122. The lowest BCUT2D eigenvalue weighted by Crippen LogP contribution is -2.68. The van der Waals surface area contributed by atoms with Crippen molar-refractivity contribution in [2.24, 2.45) is 0 Å². The predicted molar refractivity (Wildman–Crippen MR) is 59.3 cm³/mol. The Hall–Kier alpha value is -0.660. The van der Waals surface area contributed by atoms with Gasteiger partial charge < -0.3 is 10.4 Å². The lowest BCUT2D eigenvalue weighted by Gasteiger charge is -2.43. The van der Waals surface area contributed by atoms with Crippen LogP contribution in [0.25, 0.3) is 0 Å². The molecular weight excluding hydrogens is 232 g/mol. The summed E-state index contributed by atoms with van der Waals surface area (Å²) >= 11 is 0. The quantitative estimate of drug-likeness (QED) is 0.605. The molecule has 1 amide bonds. The minimum atomic E-state index is -3.47. The first-order valence-electron chi connectivity index (χ1n) is 5.16. The highest BCUT2D eigenvalue weighted by atomic mass is 32.2. The second kappa shape index (κ2) is 4.31. The predicted octanol–water partition coefficient (Wildman–Crippen LogP) is -1.09. The van der Waals surface area contributed by atoms with Crippen LogP contribution in [0.2, 0.25) is 0 Å². The maximum atomic E-state index is 11.6. The lowest BCUT2D eigenvalue weighted by atomic mass is 10.2. The molecule has 1 unspecified atom stereocenters. The number of amides is 1. The summed E-state index contributed by atoms with van der Waals surface area (Å²) in [6.45, 7) is 5.30. The number of aliphatic hydroxyl groups excluding tert-OH is 1. The molecule has 0 aromatic heterocycles. The van der Waals surface area contributed by atoms with E-state index in [0.29, 0.717) is 13.1 Å². The van der Waals surface area contributed by atoms with Crippen molar-refractivity contribution in [1.82, 2.24) is 9.62 Å². The van der Waals surface area contributed by atoms with E-state index < -0.39 is 20.9 Å². The SMILES string of the molecule is CC(O)CNCCN1C(=O)C(C)(C)S1(=O)=O. The zero-order valence-electron chi connectivity index (χ0n) is 9.73. The normalized spacial score (nSPS) is 24.0. The monoisotopic (exact) mass is 250 g/mol. The highest BCUT2D eigenvalue weighted by molar-refractivity contribution is 7.94. The van der Waals surface area contributed by atoms with Crippen molar-refractivity contribution in [2.45, 2.75) is 31.6 Å². The number of carbonyl (C=O) groups is 1. The van der Waals surface area contributed by atoms with Crippen LogP contribution < -0.4 is 5.32 Å². The number of carbonyl (C=O) groups excluding carboxylic acids is 1. The standard InChI is InChI=1S/C9H18N2O4S/c1-7(12)6-10-4-5-11-8(13)9(2,3)16(11,14)15/h7,10,12H,4-6H2,1-3H3. The first-order valence-corrected chi connectivity index (χ1v) is 6.60. The van der Waals surface area contributed by atoms with Gasteiger partial charge in [0.1, 0.15) is 0 Å². The van der Waals surface area contributed by atoms with Crippen LogP contribution in [-0.4, -0.2) is 54.2 Å².